The molecule has 0 unspecified atom stereocenters. The zero-order valence-electron chi connectivity index (χ0n) is 34.7. The van der Waals surface area contributed by atoms with E-state index in [-0.39, 0.29) is 0 Å². The number of hydrogen-bond acceptors (Lipinski definition) is 2. The normalized spacial score (nSPS) is 13.2. The standard InChI is InChI=1S/C59H47NO/c1-5-47(37-34-41(3)49-26-13-10-22-44-23-11-14-27-51(44)49)60(48(6-2)38-35-42(4)50-30-18-25-45-24-12-15-28-52(45)50)57-40-46(43-20-8-7-9-21-43)36-39-53(57)55-31-19-32-56-54-29-16-17-33-58(54)61-59(55)56/h5-12,14-40H,3-4,13H2,1-2H3/b37-34-,38-35-,47-5+,48-6+. The second kappa shape index (κ2) is 17.3. The second-order valence-corrected chi connectivity index (χ2v) is 15.2. The average Bonchev–Trinajstić information content (AvgIpc) is 3.56. The maximum absolute atomic E-state index is 6.70. The highest BCUT2D eigenvalue weighted by molar-refractivity contribution is 6.11. The molecule has 0 saturated heterocycles. The summed E-state index contributed by atoms with van der Waals surface area (Å²) in [7, 11) is 0. The van der Waals surface area contributed by atoms with Gasteiger partial charge in [0.1, 0.15) is 11.2 Å². The quantitative estimate of drug-likeness (QED) is 0.121. The van der Waals surface area contributed by atoms with Gasteiger partial charge >= 0.3 is 0 Å². The predicted molar refractivity (Wildman–Crippen MR) is 263 cm³/mol. The van der Waals surface area contributed by atoms with Crippen LogP contribution in [0.4, 0.5) is 5.69 Å². The summed E-state index contributed by atoms with van der Waals surface area (Å²) in [5, 5.41) is 4.55. The molecule has 8 aromatic rings. The summed E-state index contributed by atoms with van der Waals surface area (Å²) in [4.78, 5) is 2.36. The first-order valence-corrected chi connectivity index (χ1v) is 20.9. The molecule has 0 bridgehead atoms. The van der Waals surface area contributed by atoms with Crippen molar-refractivity contribution in [1.82, 2.24) is 0 Å². The highest BCUT2D eigenvalue weighted by Gasteiger charge is 2.22. The molecule has 0 spiro atoms. The summed E-state index contributed by atoms with van der Waals surface area (Å²) >= 11 is 0. The summed E-state index contributed by atoms with van der Waals surface area (Å²) in [5.74, 6) is 0. The lowest BCUT2D eigenvalue weighted by atomic mass is 9.94. The van der Waals surface area contributed by atoms with Crippen LogP contribution in [-0.2, 0) is 0 Å². The van der Waals surface area contributed by atoms with Crippen LogP contribution in [0, 0.1) is 0 Å². The Morgan fingerprint density at radius 1 is 0.557 bits per heavy atom. The lowest BCUT2D eigenvalue weighted by molar-refractivity contribution is 0.670. The van der Waals surface area contributed by atoms with Crippen molar-refractivity contribution in [2.75, 3.05) is 4.90 Å². The van der Waals surface area contributed by atoms with Gasteiger partial charge in [0.05, 0.1) is 5.69 Å². The molecule has 2 heteroatoms. The maximum atomic E-state index is 6.70. The molecule has 0 amide bonds. The minimum atomic E-state index is 0.844. The number of fused-ring (bicyclic) bond motifs is 5. The van der Waals surface area contributed by atoms with Crippen LogP contribution < -0.4 is 4.90 Å². The first kappa shape index (κ1) is 38.8. The molecule has 1 heterocycles. The molecule has 294 valence electrons. The number of para-hydroxylation sites is 2. The van der Waals surface area contributed by atoms with Crippen LogP contribution >= 0.6 is 0 Å². The van der Waals surface area contributed by atoms with E-state index >= 15 is 0 Å². The van der Waals surface area contributed by atoms with Gasteiger partial charge in [0.25, 0.3) is 0 Å². The van der Waals surface area contributed by atoms with E-state index in [0.29, 0.717) is 0 Å². The molecule has 1 aromatic heterocycles. The Morgan fingerprint density at radius 3 is 2.03 bits per heavy atom. The first-order chi connectivity index (χ1) is 30.0. The van der Waals surface area contributed by atoms with E-state index in [2.05, 4.69) is 232 Å². The van der Waals surface area contributed by atoms with Gasteiger partial charge in [-0.05, 0) is 99.9 Å². The molecule has 1 aliphatic rings. The largest absolute Gasteiger partial charge is 0.455 e. The summed E-state index contributed by atoms with van der Waals surface area (Å²) < 4.78 is 6.70. The van der Waals surface area contributed by atoms with Crippen molar-refractivity contribution in [3.63, 3.8) is 0 Å². The van der Waals surface area contributed by atoms with Crippen molar-refractivity contribution in [3.8, 4) is 22.3 Å². The highest BCUT2D eigenvalue weighted by atomic mass is 16.3. The molecule has 0 saturated carbocycles. The minimum Gasteiger partial charge on any atom is -0.455 e. The lowest BCUT2D eigenvalue weighted by Gasteiger charge is -2.30. The molecule has 0 radical (unpaired) electrons. The number of anilines is 1. The average molecular weight is 786 g/mol. The molecule has 0 N–H and O–H groups in total. The van der Waals surface area contributed by atoms with Crippen LogP contribution in [0.1, 0.15) is 37.0 Å². The number of benzene rings is 7. The first-order valence-electron chi connectivity index (χ1n) is 20.9. The summed E-state index contributed by atoms with van der Waals surface area (Å²) in [6.45, 7) is 13.4. The third-order valence-electron chi connectivity index (χ3n) is 11.5. The van der Waals surface area contributed by atoms with Crippen LogP contribution in [0.25, 0.3) is 72.2 Å². The number of furan rings is 1. The van der Waals surface area contributed by atoms with Crippen LogP contribution in [0.15, 0.2) is 241 Å². The Bertz CT molecular complexity index is 3150. The van der Waals surface area contributed by atoms with Crippen LogP contribution in [-0.4, -0.2) is 0 Å². The van der Waals surface area contributed by atoms with Crippen molar-refractivity contribution in [2.24, 2.45) is 0 Å². The molecule has 7 aromatic carbocycles. The van der Waals surface area contributed by atoms with Gasteiger partial charge in [0.2, 0.25) is 0 Å². The van der Waals surface area contributed by atoms with E-state index in [0.717, 1.165) is 90.0 Å². The van der Waals surface area contributed by atoms with E-state index in [1.54, 1.807) is 0 Å². The number of rotatable bonds is 11. The Labute approximate surface area is 359 Å². The van der Waals surface area contributed by atoms with Crippen molar-refractivity contribution in [2.45, 2.75) is 20.3 Å². The van der Waals surface area contributed by atoms with E-state index in [1.807, 2.05) is 12.1 Å². The fourth-order valence-electron chi connectivity index (χ4n) is 8.48. The lowest BCUT2D eigenvalue weighted by Crippen LogP contribution is -2.21. The molecule has 61 heavy (non-hydrogen) atoms. The third kappa shape index (κ3) is 7.68. The number of hydrogen-bond donors (Lipinski definition) is 0. The van der Waals surface area contributed by atoms with Gasteiger partial charge in [0.15, 0.2) is 0 Å². The molecule has 0 fully saturated rings. The Hall–Kier alpha value is -7.68. The van der Waals surface area contributed by atoms with Crippen molar-refractivity contribution in [1.29, 1.82) is 0 Å². The van der Waals surface area contributed by atoms with Gasteiger partial charge in [-0.15, -0.1) is 0 Å². The van der Waals surface area contributed by atoms with Gasteiger partial charge in [-0.2, -0.15) is 0 Å². The molecule has 1 aliphatic carbocycles. The predicted octanol–water partition coefficient (Wildman–Crippen LogP) is 16.6. The van der Waals surface area contributed by atoms with E-state index in [9.17, 15) is 0 Å². The highest BCUT2D eigenvalue weighted by Crippen LogP contribution is 2.44. The van der Waals surface area contributed by atoms with E-state index in [4.69, 9.17) is 4.42 Å². The van der Waals surface area contributed by atoms with Crippen molar-refractivity contribution in [3.05, 3.63) is 253 Å². The number of nitrogens with zero attached hydrogens (tertiary/aromatic N) is 1. The fraction of sp³-hybridized carbons (Fsp3) is 0.0508. The monoisotopic (exact) mass is 785 g/mol. The summed E-state index contributed by atoms with van der Waals surface area (Å²) in [6.07, 6.45) is 20.6. The minimum absolute atomic E-state index is 0.844. The van der Waals surface area contributed by atoms with Gasteiger partial charge in [-0.3, -0.25) is 0 Å². The molecule has 0 aliphatic heterocycles. The number of allylic oxidation sites excluding steroid dienone is 11. The Balaban J connectivity index is 1.23. The Morgan fingerprint density at radius 2 is 1.21 bits per heavy atom. The van der Waals surface area contributed by atoms with Gasteiger partial charge in [0, 0.05) is 33.3 Å². The molecule has 9 rings (SSSR count). The van der Waals surface area contributed by atoms with E-state index < -0.39 is 0 Å². The molecule has 2 nitrogen and oxygen atoms in total. The Kier molecular flexibility index (Phi) is 11.0. The van der Waals surface area contributed by atoms with Crippen LogP contribution in [0.3, 0.4) is 0 Å². The van der Waals surface area contributed by atoms with Gasteiger partial charge in [-0.25, -0.2) is 0 Å². The molecular weight excluding hydrogens is 739 g/mol. The molecular formula is C59H47NO. The smallest absolute Gasteiger partial charge is 0.143 e. The fourth-order valence-corrected chi connectivity index (χ4v) is 8.48. The van der Waals surface area contributed by atoms with Crippen molar-refractivity contribution < 1.29 is 4.42 Å². The zero-order chi connectivity index (χ0) is 41.7. The van der Waals surface area contributed by atoms with Crippen LogP contribution in [0.5, 0.6) is 0 Å². The third-order valence-corrected chi connectivity index (χ3v) is 11.5. The van der Waals surface area contributed by atoms with Gasteiger partial charge < -0.3 is 9.32 Å². The SMILES string of the molecule is C=C(/C=C\C(=C/C)N(C(/C=C\C(=C)c1cccc2ccccc12)=C/C)c1cc(-c2ccccc2)ccc1-c1cccc2c1oc1ccccc12)C1=CCC=Cc2ccccc21. The molecule has 0 atom stereocenters. The maximum Gasteiger partial charge on any atom is 0.143 e. The zero-order valence-corrected chi connectivity index (χ0v) is 34.7. The summed E-state index contributed by atoms with van der Waals surface area (Å²) in [5.41, 5.74) is 15.5. The van der Waals surface area contributed by atoms with Crippen LogP contribution in [0.2, 0.25) is 0 Å². The van der Waals surface area contributed by atoms with Gasteiger partial charge in [-0.1, -0.05) is 201 Å². The van der Waals surface area contributed by atoms with Crippen molar-refractivity contribution >= 4 is 55.6 Å². The second-order valence-electron chi connectivity index (χ2n) is 15.2. The topological polar surface area (TPSA) is 16.4 Å². The van der Waals surface area contributed by atoms with E-state index in [1.165, 1.54) is 21.9 Å². The summed E-state index contributed by atoms with van der Waals surface area (Å²) in [6, 6.07) is 55.5.